The van der Waals surface area contributed by atoms with E-state index in [2.05, 4.69) is 53.4 Å². The van der Waals surface area contributed by atoms with Crippen LogP contribution in [-0.2, 0) is 6.42 Å². The maximum Gasteiger partial charge on any atom is 0.161 e. The average molecular weight is 528 g/mol. The topological polar surface area (TPSA) is 63.7 Å². The summed E-state index contributed by atoms with van der Waals surface area (Å²) < 4.78 is 11.0. The zero-order chi connectivity index (χ0) is 28.0. The molecular formula is C33H41N3O3. The molecule has 0 saturated carbocycles. The van der Waals surface area contributed by atoms with Gasteiger partial charge in [-0.25, -0.2) is 0 Å². The molecule has 1 aliphatic rings. The Balaban J connectivity index is 0.000000163. The minimum Gasteiger partial charge on any atom is -0.493 e. The number of hydrogen-bond donors (Lipinski definition) is 1. The number of para-hydroxylation sites is 3. The predicted molar refractivity (Wildman–Crippen MR) is 161 cm³/mol. The van der Waals surface area contributed by atoms with Crippen LogP contribution in [0.2, 0.25) is 0 Å². The van der Waals surface area contributed by atoms with E-state index in [-0.39, 0.29) is 0 Å². The molecule has 5 rings (SSSR count). The third kappa shape index (κ3) is 8.82. The first-order valence-corrected chi connectivity index (χ1v) is 13.5. The Bertz CT molecular complexity index is 1310. The number of benzene rings is 3. The van der Waals surface area contributed by atoms with Crippen LogP contribution in [0.1, 0.15) is 41.3 Å². The van der Waals surface area contributed by atoms with Crippen molar-refractivity contribution in [1.82, 2.24) is 9.88 Å². The van der Waals surface area contributed by atoms with Gasteiger partial charge in [-0.3, -0.25) is 14.7 Å². The van der Waals surface area contributed by atoms with Crippen LogP contribution in [0.15, 0.2) is 79.0 Å². The molecule has 1 saturated heterocycles. The van der Waals surface area contributed by atoms with Crippen molar-refractivity contribution in [2.75, 3.05) is 39.6 Å². The zero-order valence-electron chi connectivity index (χ0n) is 23.8. The number of likely N-dealkylation sites (N-methyl/N-ethyl adjacent to an activating group) is 1. The Morgan fingerprint density at radius 3 is 2.41 bits per heavy atom. The number of carbonyl (C=O) groups excluding carboxylic acids is 1. The van der Waals surface area contributed by atoms with Crippen LogP contribution in [0.4, 0.5) is 5.69 Å². The fourth-order valence-electron chi connectivity index (χ4n) is 4.39. The summed E-state index contributed by atoms with van der Waals surface area (Å²) in [6.45, 7) is 6.19. The predicted octanol–water partition coefficient (Wildman–Crippen LogP) is 6.81. The number of carbonyl (C=O) groups is 1. The first kappa shape index (κ1) is 29.7. The molecule has 206 valence electrons. The van der Waals surface area contributed by atoms with Gasteiger partial charge in [0.15, 0.2) is 11.5 Å². The van der Waals surface area contributed by atoms with Crippen LogP contribution in [0.3, 0.4) is 0 Å². The van der Waals surface area contributed by atoms with Gasteiger partial charge in [0, 0.05) is 43.0 Å². The SMILES string of the molecule is CCCCc1cccc2cccnc12.CNc1ccc(C=O)cc1C.COc1ccccc1OC1CN(C)C1. The highest BCUT2D eigenvalue weighted by Crippen LogP contribution is 2.28. The van der Waals surface area contributed by atoms with Gasteiger partial charge in [0.25, 0.3) is 0 Å². The van der Waals surface area contributed by atoms with Crippen LogP contribution in [0.5, 0.6) is 11.5 Å². The van der Waals surface area contributed by atoms with Gasteiger partial charge in [0.2, 0.25) is 0 Å². The number of ether oxygens (including phenoxy) is 2. The molecule has 6 nitrogen and oxygen atoms in total. The van der Waals surface area contributed by atoms with Crippen molar-refractivity contribution in [2.24, 2.45) is 0 Å². The molecule has 0 unspecified atom stereocenters. The van der Waals surface area contributed by atoms with Crippen molar-refractivity contribution < 1.29 is 14.3 Å². The number of aromatic nitrogens is 1. The number of aryl methyl sites for hydroxylation is 2. The molecule has 6 heteroatoms. The number of aldehydes is 1. The van der Waals surface area contributed by atoms with E-state index in [1.54, 1.807) is 13.2 Å². The number of pyridine rings is 1. The molecule has 3 aromatic carbocycles. The molecule has 0 aliphatic carbocycles. The van der Waals surface area contributed by atoms with Crippen molar-refractivity contribution in [2.45, 2.75) is 39.2 Å². The van der Waals surface area contributed by atoms with E-state index < -0.39 is 0 Å². The summed E-state index contributed by atoms with van der Waals surface area (Å²) in [6.07, 6.45) is 6.67. The summed E-state index contributed by atoms with van der Waals surface area (Å²) >= 11 is 0. The average Bonchev–Trinajstić information content (AvgIpc) is 2.96. The second-order valence-corrected chi connectivity index (χ2v) is 9.65. The van der Waals surface area contributed by atoms with Crippen LogP contribution in [-0.4, -0.2) is 56.6 Å². The number of nitrogens with one attached hydrogen (secondary N) is 1. The fourth-order valence-corrected chi connectivity index (χ4v) is 4.39. The first-order chi connectivity index (χ1) is 19.0. The number of methoxy groups -OCH3 is 1. The minimum atomic E-state index is 0.316. The van der Waals surface area contributed by atoms with Gasteiger partial charge in [-0.15, -0.1) is 0 Å². The van der Waals surface area contributed by atoms with Crippen molar-refractivity contribution in [3.8, 4) is 11.5 Å². The lowest BCUT2D eigenvalue weighted by atomic mass is 10.0. The van der Waals surface area contributed by atoms with Gasteiger partial charge in [-0.05, 0) is 74.3 Å². The number of unbranched alkanes of at least 4 members (excludes halogenated alkanes) is 1. The normalized spacial score (nSPS) is 12.7. The van der Waals surface area contributed by atoms with Gasteiger partial charge < -0.3 is 14.8 Å². The molecule has 0 atom stereocenters. The third-order valence-electron chi connectivity index (χ3n) is 6.57. The molecular weight excluding hydrogens is 486 g/mol. The standard InChI is InChI=1S/C13H15N.C11H15NO2.C9H11NO/c1-2-3-6-11-7-4-8-12-9-5-10-14-13(11)12;1-12-7-9(8-12)14-11-6-4-3-5-10(11)13-2;1-7-5-8(6-11)3-4-9(7)10-2/h4-5,7-10H,2-3,6H2,1H3;3-6,9H,7-8H2,1-2H3;3-6,10H,1-2H3. The second kappa shape index (κ2) is 15.5. The molecule has 0 radical (unpaired) electrons. The number of hydrogen-bond acceptors (Lipinski definition) is 6. The molecule has 2 heterocycles. The van der Waals surface area contributed by atoms with E-state index in [0.29, 0.717) is 6.10 Å². The van der Waals surface area contributed by atoms with E-state index in [1.165, 1.54) is 29.3 Å². The van der Waals surface area contributed by atoms with E-state index in [0.717, 1.165) is 54.1 Å². The van der Waals surface area contributed by atoms with Crippen molar-refractivity contribution in [3.05, 3.63) is 95.7 Å². The molecule has 4 aromatic rings. The molecule has 0 amide bonds. The number of anilines is 1. The second-order valence-electron chi connectivity index (χ2n) is 9.65. The Morgan fingerprint density at radius 2 is 1.77 bits per heavy atom. The van der Waals surface area contributed by atoms with Crippen molar-refractivity contribution in [1.29, 1.82) is 0 Å². The quantitative estimate of drug-likeness (QED) is 0.254. The highest BCUT2D eigenvalue weighted by atomic mass is 16.5. The molecule has 1 aliphatic heterocycles. The van der Waals surface area contributed by atoms with Gasteiger partial charge in [-0.1, -0.05) is 49.7 Å². The Hall–Kier alpha value is -3.90. The maximum atomic E-state index is 10.3. The number of likely N-dealkylation sites (tertiary alicyclic amines) is 1. The van der Waals surface area contributed by atoms with Crippen molar-refractivity contribution in [3.63, 3.8) is 0 Å². The summed E-state index contributed by atoms with van der Waals surface area (Å²) in [5.41, 5.74) is 5.43. The van der Waals surface area contributed by atoms with E-state index in [9.17, 15) is 4.79 Å². The lowest BCUT2D eigenvalue weighted by Gasteiger charge is -2.36. The number of nitrogens with zero attached hydrogens (tertiary/aromatic N) is 2. The third-order valence-corrected chi connectivity index (χ3v) is 6.57. The molecule has 1 aromatic heterocycles. The monoisotopic (exact) mass is 527 g/mol. The Morgan fingerprint density at radius 1 is 1.03 bits per heavy atom. The van der Waals surface area contributed by atoms with Gasteiger partial charge in [0.05, 0.1) is 12.6 Å². The summed E-state index contributed by atoms with van der Waals surface area (Å²) in [5.74, 6) is 1.65. The summed E-state index contributed by atoms with van der Waals surface area (Å²) in [7, 11) is 5.61. The lowest BCUT2D eigenvalue weighted by molar-refractivity contribution is 0.0370. The van der Waals surface area contributed by atoms with Crippen LogP contribution < -0.4 is 14.8 Å². The summed E-state index contributed by atoms with van der Waals surface area (Å²) in [5, 5.41) is 4.28. The largest absolute Gasteiger partial charge is 0.493 e. The summed E-state index contributed by atoms with van der Waals surface area (Å²) in [4.78, 5) is 17.0. The minimum absolute atomic E-state index is 0.316. The molecule has 1 N–H and O–H groups in total. The Labute approximate surface area is 233 Å². The van der Waals surface area contributed by atoms with Crippen LogP contribution in [0, 0.1) is 6.92 Å². The number of fused-ring (bicyclic) bond motifs is 1. The zero-order valence-corrected chi connectivity index (χ0v) is 23.8. The smallest absolute Gasteiger partial charge is 0.161 e. The molecule has 39 heavy (non-hydrogen) atoms. The first-order valence-electron chi connectivity index (χ1n) is 13.5. The number of rotatable bonds is 8. The fraction of sp³-hybridized carbons (Fsp3) is 0.333. The highest BCUT2D eigenvalue weighted by Gasteiger charge is 2.25. The van der Waals surface area contributed by atoms with E-state index in [4.69, 9.17) is 9.47 Å². The molecule has 1 fully saturated rings. The molecule has 0 spiro atoms. The van der Waals surface area contributed by atoms with Crippen molar-refractivity contribution >= 4 is 22.9 Å². The summed E-state index contributed by atoms with van der Waals surface area (Å²) in [6, 6.07) is 23.9. The Kier molecular flexibility index (Phi) is 11.8. The van der Waals surface area contributed by atoms with E-state index in [1.807, 2.05) is 62.6 Å². The molecule has 0 bridgehead atoms. The van der Waals surface area contributed by atoms with E-state index >= 15 is 0 Å². The lowest BCUT2D eigenvalue weighted by Crippen LogP contribution is -2.51. The van der Waals surface area contributed by atoms with Gasteiger partial charge in [0.1, 0.15) is 12.4 Å². The van der Waals surface area contributed by atoms with Gasteiger partial charge >= 0.3 is 0 Å². The van der Waals surface area contributed by atoms with Crippen LogP contribution >= 0.6 is 0 Å². The highest BCUT2D eigenvalue weighted by molar-refractivity contribution is 5.81. The maximum absolute atomic E-state index is 10.3. The van der Waals surface area contributed by atoms with Gasteiger partial charge in [-0.2, -0.15) is 0 Å². The van der Waals surface area contributed by atoms with Crippen LogP contribution in [0.25, 0.3) is 10.9 Å².